The molecule has 3 nitrogen and oxygen atoms in total. The Labute approximate surface area is 104 Å². The van der Waals surface area contributed by atoms with Gasteiger partial charge in [-0.25, -0.2) is 8.42 Å². The number of nitrogens with two attached hydrogens (primary N) is 1. The van der Waals surface area contributed by atoms with Crippen LogP contribution in [0.25, 0.3) is 0 Å². The summed E-state index contributed by atoms with van der Waals surface area (Å²) in [5.74, 6) is 0.436. The highest BCUT2D eigenvalue weighted by Crippen LogP contribution is 2.24. The van der Waals surface area contributed by atoms with E-state index < -0.39 is 9.84 Å². The highest BCUT2D eigenvalue weighted by atomic mass is 32.2. The first kappa shape index (κ1) is 14.0. The van der Waals surface area contributed by atoms with Crippen LogP contribution in [0.1, 0.15) is 32.3 Å². The normalized spacial score (nSPS) is 12.0. The molecule has 96 valence electrons. The van der Waals surface area contributed by atoms with E-state index in [0.29, 0.717) is 16.1 Å². The molecule has 0 amide bonds. The van der Waals surface area contributed by atoms with Gasteiger partial charge in [0.15, 0.2) is 9.84 Å². The van der Waals surface area contributed by atoms with Crippen molar-refractivity contribution in [2.75, 3.05) is 11.5 Å². The van der Waals surface area contributed by atoms with Gasteiger partial charge in [-0.3, -0.25) is 0 Å². The average Bonchev–Trinajstić information content (AvgIpc) is 2.29. The lowest BCUT2D eigenvalue weighted by atomic mass is 10.1. The van der Waals surface area contributed by atoms with Crippen molar-refractivity contribution in [1.82, 2.24) is 0 Å². The van der Waals surface area contributed by atoms with Gasteiger partial charge in [0.05, 0.1) is 10.6 Å². The minimum Gasteiger partial charge on any atom is -0.398 e. The number of rotatable bonds is 5. The van der Waals surface area contributed by atoms with Gasteiger partial charge in [0.2, 0.25) is 0 Å². The molecule has 0 radical (unpaired) electrons. The summed E-state index contributed by atoms with van der Waals surface area (Å²) in [5.41, 5.74) is 6.95. The monoisotopic (exact) mass is 255 g/mol. The molecule has 1 aromatic carbocycles. The number of anilines is 1. The van der Waals surface area contributed by atoms with Crippen LogP contribution in [0.15, 0.2) is 23.1 Å². The van der Waals surface area contributed by atoms with E-state index in [2.05, 4.69) is 0 Å². The second kappa shape index (κ2) is 5.54. The summed E-state index contributed by atoms with van der Waals surface area (Å²) in [6, 6.07) is 5.07. The first-order chi connectivity index (χ1) is 7.92. The summed E-state index contributed by atoms with van der Waals surface area (Å²) in [6.07, 6.45) is 1.77. The third-order valence-corrected chi connectivity index (χ3v) is 5.29. The van der Waals surface area contributed by atoms with E-state index in [1.165, 1.54) is 0 Å². The van der Waals surface area contributed by atoms with Gasteiger partial charge in [0.25, 0.3) is 0 Å². The van der Waals surface area contributed by atoms with Gasteiger partial charge >= 0.3 is 0 Å². The zero-order valence-electron chi connectivity index (χ0n) is 10.7. The quantitative estimate of drug-likeness (QED) is 0.823. The highest BCUT2D eigenvalue weighted by molar-refractivity contribution is 7.91. The molecule has 0 bridgehead atoms. The second-order valence-corrected chi connectivity index (χ2v) is 6.44. The Kier molecular flexibility index (Phi) is 4.57. The van der Waals surface area contributed by atoms with Crippen LogP contribution in [-0.2, 0) is 9.84 Å². The summed E-state index contributed by atoms with van der Waals surface area (Å²) in [4.78, 5) is 0.379. The Hall–Kier alpha value is -1.03. The van der Waals surface area contributed by atoms with Crippen LogP contribution in [0.5, 0.6) is 0 Å². The van der Waals surface area contributed by atoms with Crippen LogP contribution in [0.4, 0.5) is 5.69 Å². The van der Waals surface area contributed by atoms with Crippen LogP contribution < -0.4 is 5.73 Å². The molecule has 0 unspecified atom stereocenters. The number of sulfone groups is 1. The topological polar surface area (TPSA) is 60.2 Å². The van der Waals surface area contributed by atoms with Crippen LogP contribution in [0, 0.1) is 12.8 Å². The van der Waals surface area contributed by atoms with Gasteiger partial charge in [-0.05, 0) is 30.5 Å². The highest BCUT2D eigenvalue weighted by Gasteiger charge is 2.21. The first-order valence-corrected chi connectivity index (χ1v) is 7.65. The van der Waals surface area contributed by atoms with Gasteiger partial charge in [-0.15, -0.1) is 0 Å². The second-order valence-electron chi connectivity index (χ2n) is 4.43. The van der Waals surface area contributed by atoms with Crippen molar-refractivity contribution in [3.05, 3.63) is 23.8 Å². The standard InChI is InChI=1S/C13H21NO2S/c1-4-11(5-2)9-17(15,16)13-8-6-7-12(14)10(13)3/h6-8,11H,4-5,9,14H2,1-3H3. The molecule has 0 fully saturated rings. The molecule has 2 N–H and O–H groups in total. The molecule has 0 aromatic heterocycles. The predicted molar refractivity (Wildman–Crippen MR) is 71.7 cm³/mol. The zero-order valence-corrected chi connectivity index (χ0v) is 11.5. The Morgan fingerprint density at radius 3 is 2.35 bits per heavy atom. The fraction of sp³-hybridized carbons (Fsp3) is 0.538. The van der Waals surface area contributed by atoms with Crippen molar-refractivity contribution < 1.29 is 8.42 Å². The Morgan fingerprint density at radius 2 is 1.82 bits per heavy atom. The maximum Gasteiger partial charge on any atom is 0.178 e. The van der Waals surface area contributed by atoms with Crippen molar-refractivity contribution in [2.45, 2.75) is 38.5 Å². The lowest BCUT2D eigenvalue weighted by Crippen LogP contribution is -2.16. The number of hydrogen-bond acceptors (Lipinski definition) is 3. The average molecular weight is 255 g/mol. The van der Waals surface area contributed by atoms with Gasteiger partial charge in [-0.1, -0.05) is 32.8 Å². The first-order valence-electron chi connectivity index (χ1n) is 6.00. The molecule has 0 aliphatic heterocycles. The van der Waals surface area contributed by atoms with E-state index in [-0.39, 0.29) is 11.7 Å². The molecule has 17 heavy (non-hydrogen) atoms. The van der Waals surface area contributed by atoms with Crippen molar-refractivity contribution in [3.8, 4) is 0 Å². The van der Waals surface area contributed by atoms with Crippen LogP contribution in [-0.4, -0.2) is 14.2 Å². The molecule has 0 aliphatic carbocycles. The van der Waals surface area contributed by atoms with Gasteiger partial charge < -0.3 is 5.73 Å². The van der Waals surface area contributed by atoms with E-state index in [1.54, 1.807) is 25.1 Å². The third-order valence-electron chi connectivity index (χ3n) is 3.27. The number of hydrogen-bond donors (Lipinski definition) is 1. The largest absolute Gasteiger partial charge is 0.398 e. The Balaban J connectivity index is 3.09. The van der Waals surface area contributed by atoms with E-state index in [0.717, 1.165) is 12.8 Å². The molecule has 4 heteroatoms. The maximum atomic E-state index is 12.3. The maximum absolute atomic E-state index is 12.3. The Morgan fingerprint density at radius 1 is 1.24 bits per heavy atom. The molecular weight excluding hydrogens is 234 g/mol. The van der Waals surface area contributed by atoms with Crippen molar-refractivity contribution >= 4 is 15.5 Å². The predicted octanol–water partition coefficient (Wildman–Crippen LogP) is 2.79. The van der Waals surface area contributed by atoms with Crippen molar-refractivity contribution in [1.29, 1.82) is 0 Å². The molecular formula is C13H21NO2S. The van der Waals surface area contributed by atoms with E-state index in [9.17, 15) is 8.42 Å². The molecule has 0 spiro atoms. The fourth-order valence-electron chi connectivity index (χ4n) is 1.89. The number of benzene rings is 1. The smallest absolute Gasteiger partial charge is 0.178 e. The molecule has 0 heterocycles. The van der Waals surface area contributed by atoms with Crippen molar-refractivity contribution in [3.63, 3.8) is 0 Å². The van der Waals surface area contributed by atoms with E-state index in [1.807, 2.05) is 13.8 Å². The van der Waals surface area contributed by atoms with Gasteiger partial charge in [0.1, 0.15) is 0 Å². The molecule has 0 aliphatic rings. The lowest BCUT2D eigenvalue weighted by Gasteiger charge is -2.14. The molecule has 1 rings (SSSR count). The summed E-state index contributed by atoms with van der Waals surface area (Å²) < 4.78 is 24.6. The summed E-state index contributed by atoms with van der Waals surface area (Å²) in [7, 11) is -3.22. The van der Waals surface area contributed by atoms with Crippen molar-refractivity contribution in [2.24, 2.45) is 5.92 Å². The minimum absolute atomic E-state index is 0.213. The zero-order chi connectivity index (χ0) is 13.1. The molecule has 1 aromatic rings. The lowest BCUT2D eigenvalue weighted by molar-refractivity contribution is 0.523. The van der Waals surface area contributed by atoms with Gasteiger partial charge in [-0.2, -0.15) is 0 Å². The third kappa shape index (κ3) is 3.22. The minimum atomic E-state index is -3.22. The number of nitrogen functional groups attached to an aromatic ring is 1. The SMILES string of the molecule is CCC(CC)CS(=O)(=O)c1cccc(N)c1C. The van der Waals surface area contributed by atoms with Crippen LogP contribution in [0.3, 0.4) is 0 Å². The van der Waals surface area contributed by atoms with E-state index in [4.69, 9.17) is 5.73 Å². The molecule has 0 saturated carbocycles. The Bertz CT molecular complexity index is 476. The molecule has 0 atom stereocenters. The summed E-state index contributed by atoms with van der Waals surface area (Å²) in [6.45, 7) is 5.81. The van der Waals surface area contributed by atoms with Crippen LogP contribution >= 0.6 is 0 Å². The summed E-state index contributed by atoms with van der Waals surface area (Å²) in [5, 5.41) is 0. The fourth-order valence-corrected chi connectivity index (χ4v) is 4.03. The van der Waals surface area contributed by atoms with E-state index >= 15 is 0 Å². The summed E-state index contributed by atoms with van der Waals surface area (Å²) >= 11 is 0. The van der Waals surface area contributed by atoms with Crippen LogP contribution in [0.2, 0.25) is 0 Å². The van der Waals surface area contributed by atoms with Gasteiger partial charge in [0, 0.05) is 5.69 Å². The molecule has 0 saturated heterocycles.